The van der Waals surface area contributed by atoms with E-state index in [1.54, 1.807) is 0 Å². The lowest BCUT2D eigenvalue weighted by Crippen LogP contribution is -2.40. The molecule has 0 aliphatic heterocycles. The molecule has 19 heavy (non-hydrogen) atoms. The molecule has 0 spiro atoms. The van der Waals surface area contributed by atoms with Crippen LogP contribution in [-0.4, -0.2) is 35.1 Å². The normalized spacial score (nSPS) is 27.3. The van der Waals surface area contributed by atoms with E-state index in [0.29, 0.717) is 18.5 Å². The van der Waals surface area contributed by atoms with Crippen LogP contribution in [0, 0.1) is 11.8 Å². The minimum absolute atomic E-state index is 0.105. The molecule has 2 aliphatic rings. The standard InChI is InChI=1S/C16H29NO2/c1-2-3-4-13-5-7-14(8-6-13)16(19)17(11-12-18)15-9-10-15/h13-15,18H,2-12H2,1H3. The fourth-order valence-corrected chi connectivity index (χ4v) is 3.39. The molecule has 1 amide bonds. The average Bonchev–Trinajstić information content (AvgIpc) is 3.27. The molecule has 2 fully saturated rings. The van der Waals surface area contributed by atoms with E-state index in [4.69, 9.17) is 5.11 Å². The molecule has 2 aliphatic carbocycles. The van der Waals surface area contributed by atoms with Gasteiger partial charge in [-0.2, -0.15) is 0 Å². The molecule has 2 saturated carbocycles. The van der Waals surface area contributed by atoms with Gasteiger partial charge in [0.25, 0.3) is 0 Å². The van der Waals surface area contributed by atoms with Crippen LogP contribution in [0.25, 0.3) is 0 Å². The van der Waals surface area contributed by atoms with Gasteiger partial charge in [-0.1, -0.05) is 26.2 Å². The summed E-state index contributed by atoms with van der Waals surface area (Å²) in [5.74, 6) is 1.42. The largest absolute Gasteiger partial charge is 0.395 e. The zero-order valence-electron chi connectivity index (χ0n) is 12.3. The van der Waals surface area contributed by atoms with E-state index in [-0.39, 0.29) is 12.5 Å². The Bertz CT molecular complexity index is 280. The van der Waals surface area contributed by atoms with E-state index in [1.807, 2.05) is 4.90 Å². The number of aliphatic hydroxyl groups is 1. The van der Waals surface area contributed by atoms with Crippen LogP contribution in [-0.2, 0) is 4.79 Å². The monoisotopic (exact) mass is 267 g/mol. The number of hydrogen-bond donors (Lipinski definition) is 1. The van der Waals surface area contributed by atoms with Crippen molar-refractivity contribution in [1.29, 1.82) is 0 Å². The van der Waals surface area contributed by atoms with Gasteiger partial charge in [0.1, 0.15) is 0 Å². The Balaban J connectivity index is 1.77. The molecule has 0 heterocycles. The molecule has 0 aromatic heterocycles. The summed E-state index contributed by atoms with van der Waals surface area (Å²) in [5.41, 5.74) is 0. The summed E-state index contributed by atoms with van der Waals surface area (Å²) in [4.78, 5) is 14.5. The van der Waals surface area contributed by atoms with Gasteiger partial charge >= 0.3 is 0 Å². The Labute approximate surface area is 117 Å². The Hall–Kier alpha value is -0.570. The zero-order valence-corrected chi connectivity index (χ0v) is 12.3. The van der Waals surface area contributed by atoms with E-state index in [9.17, 15) is 4.79 Å². The number of aliphatic hydroxyl groups excluding tert-OH is 1. The van der Waals surface area contributed by atoms with Gasteiger partial charge in [-0.3, -0.25) is 4.79 Å². The highest BCUT2D eigenvalue weighted by Crippen LogP contribution is 2.35. The topological polar surface area (TPSA) is 40.5 Å². The predicted octanol–water partition coefficient (Wildman–Crippen LogP) is 2.97. The first-order valence-corrected chi connectivity index (χ1v) is 8.17. The minimum Gasteiger partial charge on any atom is -0.395 e. The molecule has 0 radical (unpaired) electrons. The molecular formula is C16H29NO2. The molecule has 0 unspecified atom stereocenters. The molecule has 0 aromatic carbocycles. The van der Waals surface area contributed by atoms with Crippen LogP contribution in [0.3, 0.4) is 0 Å². The van der Waals surface area contributed by atoms with Crippen molar-refractivity contribution < 1.29 is 9.90 Å². The van der Waals surface area contributed by atoms with Gasteiger partial charge in [0.2, 0.25) is 5.91 Å². The van der Waals surface area contributed by atoms with Crippen LogP contribution in [0.15, 0.2) is 0 Å². The Morgan fingerprint density at radius 3 is 2.37 bits per heavy atom. The van der Waals surface area contributed by atoms with E-state index >= 15 is 0 Å². The molecular weight excluding hydrogens is 238 g/mol. The van der Waals surface area contributed by atoms with Gasteiger partial charge in [0, 0.05) is 18.5 Å². The molecule has 0 atom stereocenters. The SMILES string of the molecule is CCCCC1CCC(C(=O)N(CCO)C2CC2)CC1. The van der Waals surface area contributed by atoms with Crippen molar-refractivity contribution >= 4 is 5.91 Å². The number of carbonyl (C=O) groups excluding carboxylic acids is 1. The Kier molecular flexibility index (Phi) is 5.68. The highest BCUT2D eigenvalue weighted by molar-refractivity contribution is 5.79. The van der Waals surface area contributed by atoms with Gasteiger partial charge in [0.05, 0.1) is 6.61 Å². The number of carbonyl (C=O) groups is 1. The molecule has 1 N–H and O–H groups in total. The molecule has 110 valence electrons. The number of nitrogens with zero attached hydrogens (tertiary/aromatic N) is 1. The third-order valence-electron chi connectivity index (χ3n) is 4.77. The molecule has 3 heteroatoms. The summed E-state index contributed by atoms with van der Waals surface area (Å²) in [5, 5.41) is 9.11. The van der Waals surface area contributed by atoms with Gasteiger partial charge in [0.15, 0.2) is 0 Å². The zero-order chi connectivity index (χ0) is 13.7. The van der Waals surface area contributed by atoms with Crippen molar-refractivity contribution in [2.45, 2.75) is 70.8 Å². The second-order valence-corrected chi connectivity index (χ2v) is 6.35. The second-order valence-electron chi connectivity index (χ2n) is 6.35. The summed E-state index contributed by atoms with van der Waals surface area (Å²) < 4.78 is 0. The van der Waals surface area contributed by atoms with Crippen LogP contribution < -0.4 is 0 Å². The van der Waals surface area contributed by atoms with Crippen LogP contribution in [0.2, 0.25) is 0 Å². The lowest BCUT2D eigenvalue weighted by Gasteiger charge is -2.32. The fraction of sp³-hybridized carbons (Fsp3) is 0.938. The summed E-state index contributed by atoms with van der Waals surface area (Å²) in [7, 11) is 0. The quantitative estimate of drug-likeness (QED) is 0.770. The first kappa shape index (κ1) is 14.8. The first-order chi connectivity index (χ1) is 9.26. The van der Waals surface area contributed by atoms with Gasteiger partial charge in [-0.15, -0.1) is 0 Å². The fourth-order valence-electron chi connectivity index (χ4n) is 3.39. The molecule has 2 rings (SSSR count). The maximum Gasteiger partial charge on any atom is 0.226 e. The number of rotatable bonds is 7. The van der Waals surface area contributed by atoms with E-state index in [0.717, 1.165) is 31.6 Å². The van der Waals surface area contributed by atoms with Crippen molar-refractivity contribution in [3.8, 4) is 0 Å². The van der Waals surface area contributed by atoms with Crippen molar-refractivity contribution in [3.63, 3.8) is 0 Å². The van der Waals surface area contributed by atoms with Crippen molar-refractivity contribution in [3.05, 3.63) is 0 Å². The van der Waals surface area contributed by atoms with Gasteiger partial charge in [-0.05, 0) is 44.4 Å². The molecule has 0 aromatic rings. The minimum atomic E-state index is 0.105. The van der Waals surface area contributed by atoms with E-state index in [1.165, 1.54) is 32.1 Å². The van der Waals surface area contributed by atoms with Crippen LogP contribution >= 0.6 is 0 Å². The smallest absolute Gasteiger partial charge is 0.226 e. The number of unbranched alkanes of at least 4 members (excludes halogenated alkanes) is 1. The van der Waals surface area contributed by atoms with Crippen molar-refractivity contribution in [2.75, 3.05) is 13.2 Å². The molecule has 0 bridgehead atoms. The van der Waals surface area contributed by atoms with Crippen LogP contribution in [0.4, 0.5) is 0 Å². The molecule has 0 saturated heterocycles. The maximum absolute atomic E-state index is 12.5. The highest BCUT2D eigenvalue weighted by atomic mass is 16.3. The van der Waals surface area contributed by atoms with Crippen molar-refractivity contribution in [1.82, 2.24) is 4.90 Å². The van der Waals surface area contributed by atoms with Gasteiger partial charge in [-0.25, -0.2) is 0 Å². The Morgan fingerprint density at radius 2 is 1.84 bits per heavy atom. The Morgan fingerprint density at radius 1 is 1.16 bits per heavy atom. The van der Waals surface area contributed by atoms with E-state index in [2.05, 4.69) is 6.92 Å². The third kappa shape index (κ3) is 4.20. The number of amides is 1. The summed E-state index contributed by atoms with van der Waals surface area (Å²) in [6, 6.07) is 0.442. The van der Waals surface area contributed by atoms with Crippen molar-refractivity contribution in [2.24, 2.45) is 11.8 Å². The summed E-state index contributed by atoms with van der Waals surface area (Å²) in [6.45, 7) is 2.89. The highest BCUT2D eigenvalue weighted by Gasteiger charge is 2.36. The lowest BCUT2D eigenvalue weighted by atomic mass is 9.79. The number of hydrogen-bond acceptors (Lipinski definition) is 2. The molecule has 3 nitrogen and oxygen atoms in total. The third-order valence-corrected chi connectivity index (χ3v) is 4.77. The van der Waals surface area contributed by atoms with E-state index < -0.39 is 0 Å². The first-order valence-electron chi connectivity index (χ1n) is 8.17. The lowest BCUT2D eigenvalue weighted by molar-refractivity contribution is -0.138. The van der Waals surface area contributed by atoms with Crippen LogP contribution in [0.1, 0.15) is 64.7 Å². The predicted molar refractivity (Wildman–Crippen MR) is 76.8 cm³/mol. The van der Waals surface area contributed by atoms with Gasteiger partial charge < -0.3 is 10.0 Å². The van der Waals surface area contributed by atoms with Crippen LogP contribution in [0.5, 0.6) is 0 Å². The average molecular weight is 267 g/mol. The second kappa shape index (κ2) is 7.28. The summed E-state index contributed by atoms with van der Waals surface area (Å²) >= 11 is 0. The maximum atomic E-state index is 12.5. The summed E-state index contributed by atoms with van der Waals surface area (Å²) in [6.07, 6.45) is 10.8.